The van der Waals surface area contributed by atoms with Crippen molar-refractivity contribution >= 4 is 35.5 Å². The number of aliphatic imine (C=N–C) groups is 1. The van der Waals surface area contributed by atoms with Crippen LogP contribution in [0.4, 0.5) is 4.79 Å². The van der Waals surface area contributed by atoms with Crippen LogP contribution in [-0.4, -0.2) is 91.7 Å². The third-order valence-electron chi connectivity index (χ3n) is 9.10. The molecular formula is C36H52N8O5. The molecule has 6 amide bonds. The predicted octanol–water partition coefficient (Wildman–Crippen LogP) is 1.50. The molecule has 7 N–H and O–H groups in total. The van der Waals surface area contributed by atoms with Gasteiger partial charge < -0.3 is 37.2 Å². The second kappa shape index (κ2) is 18.0. The van der Waals surface area contributed by atoms with Gasteiger partial charge >= 0.3 is 6.03 Å². The molecule has 2 aromatic carbocycles. The van der Waals surface area contributed by atoms with Crippen molar-refractivity contribution in [3.63, 3.8) is 0 Å². The average Bonchev–Trinajstić information content (AvgIpc) is 3.09. The Morgan fingerprint density at radius 1 is 0.959 bits per heavy atom. The molecule has 4 atom stereocenters. The maximum Gasteiger partial charge on any atom is 0.315 e. The Morgan fingerprint density at radius 2 is 1.67 bits per heavy atom. The van der Waals surface area contributed by atoms with Crippen LogP contribution in [0.2, 0.25) is 0 Å². The number of nitrogens with one attached hydrogen (secondary N) is 5. The molecule has 2 aromatic rings. The van der Waals surface area contributed by atoms with Gasteiger partial charge in [0.15, 0.2) is 0 Å². The molecule has 266 valence electrons. The highest BCUT2D eigenvalue weighted by Crippen LogP contribution is 2.31. The van der Waals surface area contributed by atoms with Gasteiger partial charge in [-0.25, -0.2) is 4.79 Å². The lowest BCUT2D eigenvalue weighted by Crippen LogP contribution is -2.66. The van der Waals surface area contributed by atoms with Crippen LogP contribution in [0.1, 0.15) is 61.8 Å². The van der Waals surface area contributed by atoms with E-state index in [0.29, 0.717) is 38.1 Å². The molecule has 13 nitrogen and oxygen atoms in total. The number of amidine groups is 1. The van der Waals surface area contributed by atoms with E-state index < -0.39 is 47.4 Å². The number of carbonyl (C=O) groups is 5. The van der Waals surface area contributed by atoms with Crippen LogP contribution in [0, 0.1) is 6.92 Å². The van der Waals surface area contributed by atoms with Crippen LogP contribution < -0.4 is 32.3 Å². The number of rotatable bonds is 15. The molecule has 49 heavy (non-hydrogen) atoms. The van der Waals surface area contributed by atoms with Gasteiger partial charge in [0, 0.05) is 40.5 Å². The third kappa shape index (κ3) is 10.3. The van der Waals surface area contributed by atoms with E-state index in [1.165, 1.54) is 26.0 Å². The summed E-state index contributed by atoms with van der Waals surface area (Å²) < 4.78 is 0. The Labute approximate surface area is 289 Å². The van der Waals surface area contributed by atoms with Gasteiger partial charge in [-0.1, -0.05) is 55.5 Å². The smallest absolute Gasteiger partial charge is 0.315 e. The number of nitrogens with two attached hydrogens (primary N) is 1. The summed E-state index contributed by atoms with van der Waals surface area (Å²) >= 11 is 0. The largest absolute Gasteiger partial charge is 0.388 e. The topological polar surface area (TPSA) is 187 Å². The zero-order valence-electron chi connectivity index (χ0n) is 29.5. The summed E-state index contributed by atoms with van der Waals surface area (Å²) in [5.74, 6) is -1.44. The Morgan fingerprint density at radius 3 is 2.31 bits per heavy atom. The quantitative estimate of drug-likeness (QED) is 0.0943. The Balaban J connectivity index is 1.95. The number of hydrogen-bond acceptors (Lipinski definition) is 6. The Kier molecular flexibility index (Phi) is 14.1. The molecule has 1 unspecified atom stereocenters. The van der Waals surface area contributed by atoms with E-state index in [4.69, 9.17) is 5.73 Å². The highest BCUT2D eigenvalue weighted by molar-refractivity contribution is 5.97. The van der Waals surface area contributed by atoms with Gasteiger partial charge in [-0.3, -0.25) is 24.2 Å². The SMILES string of the molecule is CC[C@@H](C(=O)NC)N(C)C(=O)[C@H](CCCN=C(C)N)NC(=O)[C@@H](Cc1ccccc1)NC(=O)C1(NC(=O)NC)CCc2c(C)cccc2C1. The minimum absolute atomic E-state index is 0.132. The van der Waals surface area contributed by atoms with Gasteiger partial charge in [-0.2, -0.15) is 0 Å². The summed E-state index contributed by atoms with van der Waals surface area (Å²) in [6.45, 7) is 5.84. The maximum atomic E-state index is 14.3. The molecule has 0 radical (unpaired) electrons. The van der Waals surface area contributed by atoms with Crippen molar-refractivity contribution in [2.24, 2.45) is 10.7 Å². The summed E-state index contributed by atoms with van der Waals surface area (Å²) in [5, 5.41) is 13.9. The first kappa shape index (κ1) is 38.5. The number of likely N-dealkylation sites (N-methyl/N-ethyl adjacent to an activating group) is 2. The number of aryl methyl sites for hydroxylation is 1. The normalized spacial score (nSPS) is 17.4. The first-order chi connectivity index (χ1) is 23.3. The summed E-state index contributed by atoms with van der Waals surface area (Å²) in [6, 6.07) is 11.8. The Hall–Kier alpha value is -4.94. The molecule has 1 aliphatic carbocycles. The molecule has 0 heterocycles. The minimum atomic E-state index is -1.33. The molecule has 0 fully saturated rings. The van der Waals surface area contributed by atoms with Crippen molar-refractivity contribution in [3.05, 3.63) is 70.8 Å². The fourth-order valence-corrected chi connectivity index (χ4v) is 6.31. The zero-order chi connectivity index (χ0) is 36.1. The van der Waals surface area contributed by atoms with E-state index in [1.54, 1.807) is 13.8 Å². The fraction of sp³-hybridized carbons (Fsp3) is 0.500. The average molecular weight is 677 g/mol. The minimum Gasteiger partial charge on any atom is -0.388 e. The molecule has 0 saturated heterocycles. The van der Waals surface area contributed by atoms with Crippen LogP contribution in [0.15, 0.2) is 53.5 Å². The molecule has 0 saturated carbocycles. The van der Waals surface area contributed by atoms with E-state index in [9.17, 15) is 24.0 Å². The number of urea groups is 1. The van der Waals surface area contributed by atoms with Crippen LogP contribution in [-0.2, 0) is 38.4 Å². The summed E-state index contributed by atoms with van der Waals surface area (Å²) in [4.78, 5) is 73.2. The molecule has 13 heteroatoms. The van der Waals surface area contributed by atoms with Crippen molar-refractivity contribution < 1.29 is 24.0 Å². The first-order valence-corrected chi connectivity index (χ1v) is 16.8. The lowest BCUT2D eigenvalue weighted by atomic mass is 9.76. The van der Waals surface area contributed by atoms with Crippen LogP contribution in [0.3, 0.4) is 0 Å². The van der Waals surface area contributed by atoms with E-state index >= 15 is 0 Å². The second-order valence-electron chi connectivity index (χ2n) is 12.6. The molecular weight excluding hydrogens is 624 g/mol. The zero-order valence-corrected chi connectivity index (χ0v) is 29.5. The molecule has 0 bridgehead atoms. The van der Waals surface area contributed by atoms with E-state index in [-0.39, 0.29) is 25.2 Å². The Bertz CT molecular complexity index is 1510. The third-order valence-corrected chi connectivity index (χ3v) is 9.10. The molecule has 0 aliphatic heterocycles. The summed E-state index contributed by atoms with van der Waals surface area (Å²) in [5.41, 5.74) is 8.37. The van der Waals surface area contributed by atoms with Gasteiger partial charge in [0.2, 0.25) is 23.6 Å². The number of carbonyl (C=O) groups excluding carboxylic acids is 5. The van der Waals surface area contributed by atoms with E-state index in [2.05, 4.69) is 31.6 Å². The first-order valence-electron chi connectivity index (χ1n) is 16.8. The number of hydrogen-bond donors (Lipinski definition) is 6. The predicted molar refractivity (Wildman–Crippen MR) is 190 cm³/mol. The lowest BCUT2D eigenvalue weighted by molar-refractivity contribution is -0.142. The van der Waals surface area contributed by atoms with Gasteiger partial charge in [0.25, 0.3) is 0 Å². The monoisotopic (exact) mass is 676 g/mol. The van der Waals surface area contributed by atoms with Crippen LogP contribution in [0.25, 0.3) is 0 Å². The molecule has 3 rings (SSSR count). The van der Waals surface area contributed by atoms with Crippen molar-refractivity contribution in [3.8, 4) is 0 Å². The van der Waals surface area contributed by atoms with E-state index in [0.717, 1.165) is 22.3 Å². The molecule has 0 spiro atoms. The van der Waals surface area contributed by atoms with Gasteiger partial charge in [0.1, 0.15) is 23.7 Å². The van der Waals surface area contributed by atoms with E-state index in [1.807, 2.05) is 55.5 Å². The maximum absolute atomic E-state index is 14.3. The van der Waals surface area contributed by atoms with Crippen molar-refractivity contribution in [2.45, 2.75) is 89.4 Å². The number of benzene rings is 2. The van der Waals surface area contributed by atoms with Gasteiger partial charge in [0.05, 0.1) is 5.84 Å². The van der Waals surface area contributed by atoms with Crippen molar-refractivity contribution in [1.29, 1.82) is 0 Å². The van der Waals surface area contributed by atoms with Crippen LogP contribution >= 0.6 is 0 Å². The van der Waals surface area contributed by atoms with Crippen molar-refractivity contribution in [1.82, 2.24) is 31.5 Å². The standard InChI is InChI=1S/C36H52N8O5/c1-7-30(32(46)38-4)44(6)33(47)28(17-12-20-40-24(3)37)41-31(45)29(21-25-14-9-8-10-15-25)42-34(48)36(43-35(49)39-5)19-18-27-23(2)13-11-16-26(27)22-36/h8-11,13-16,28-30H,7,12,17-22H2,1-6H3,(H2,37,40)(H,38,46)(H,41,45)(H,42,48)(H2,39,43,49)/t28-,29+,30-,36?/m0/s1. The molecule has 1 aliphatic rings. The fourth-order valence-electron chi connectivity index (χ4n) is 6.31. The second-order valence-corrected chi connectivity index (χ2v) is 12.6. The van der Waals surface area contributed by atoms with Crippen LogP contribution in [0.5, 0.6) is 0 Å². The summed E-state index contributed by atoms with van der Waals surface area (Å²) in [7, 11) is 4.52. The van der Waals surface area contributed by atoms with Crippen molar-refractivity contribution in [2.75, 3.05) is 27.7 Å². The number of fused-ring (bicyclic) bond motifs is 1. The highest BCUT2D eigenvalue weighted by atomic mass is 16.2. The number of nitrogens with zero attached hydrogens (tertiary/aromatic N) is 2. The summed E-state index contributed by atoms with van der Waals surface area (Å²) in [6.07, 6.45) is 2.29. The van der Waals surface area contributed by atoms with Gasteiger partial charge in [-0.05, 0) is 68.2 Å². The molecule has 0 aromatic heterocycles. The number of amides is 6. The van der Waals surface area contributed by atoms with Gasteiger partial charge in [-0.15, -0.1) is 0 Å². The highest BCUT2D eigenvalue weighted by Gasteiger charge is 2.44. The lowest BCUT2D eigenvalue weighted by Gasteiger charge is -2.39.